The first kappa shape index (κ1) is 17.1. The van der Waals surface area contributed by atoms with Crippen LogP contribution in [0.15, 0.2) is 0 Å². The summed E-state index contributed by atoms with van der Waals surface area (Å²) in [6.45, 7) is 2.31. The van der Waals surface area contributed by atoms with Crippen LogP contribution < -0.4 is 11.1 Å². The number of carbonyl (C=O) groups excluding carboxylic acids is 1. The molecule has 3 N–H and O–H groups in total. The molecular formula is C17H31ClN2O. The van der Waals surface area contributed by atoms with Crippen LogP contribution in [0.2, 0.25) is 0 Å². The van der Waals surface area contributed by atoms with E-state index in [0.29, 0.717) is 35.7 Å². The molecule has 4 unspecified atom stereocenters. The topological polar surface area (TPSA) is 55.1 Å². The quantitative estimate of drug-likeness (QED) is 0.840. The van der Waals surface area contributed by atoms with Crippen molar-refractivity contribution in [2.75, 3.05) is 0 Å². The first-order chi connectivity index (χ1) is 9.61. The number of hydrogen-bond acceptors (Lipinski definition) is 2. The molecule has 0 aliphatic heterocycles. The Kier molecular flexibility index (Phi) is 5.96. The van der Waals surface area contributed by atoms with E-state index in [2.05, 4.69) is 12.2 Å². The van der Waals surface area contributed by atoms with Crippen molar-refractivity contribution in [3.63, 3.8) is 0 Å². The van der Waals surface area contributed by atoms with Crippen molar-refractivity contribution in [2.24, 2.45) is 29.4 Å². The van der Waals surface area contributed by atoms with Gasteiger partial charge in [0.05, 0.1) is 0 Å². The zero-order valence-corrected chi connectivity index (χ0v) is 14.0. The summed E-state index contributed by atoms with van der Waals surface area (Å²) < 4.78 is 0. The molecule has 21 heavy (non-hydrogen) atoms. The molecule has 1 amide bonds. The predicted octanol–water partition coefficient (Wildman–Crippen LogP) is 3.26. The van der Waals surface area contributed by atoms with E-state index in [9.17, 15) is 4.79 Å². The van der Waals surface area contributed by atoms with Crippen LogP contribution in [0.4, 0.5) is 0 Å². The Labute approximate surface area is 135 Å². The van der Waals surface area contributed by atoms with Gasteiger partial charge in [-0.2, -0.15) is 0 Å². The van der Waals surface area contributed by atoms with Crippen LogP contribution in [0.5, 0.6) is 0 Å². The van der Waals surface area contributed by atoms with Crippen molar-refractivity contribution in [1.29, 1.82) is 0 Å². The summed E-state index contributed by atoms with van der Waals surface area (Å²) >= 11 is 0. The minimum atomic E-state index is 0. The Morgan fingerprint density at radius 1 is 1.10 bits per heavy atom. The predicted molar refractivity (Wildman–Crippen MR) is 88.3 cm³/mol. The molecule has 122 valence electrons. The molecule has 3 nitrogen and oxygen atoms in total. The lowest BCUT2D eigenvalue weighted by atomic mass is 9.67. The van der Waals surface area contributed by atoms with Gasteiger partial charge in [0.15, 0.2) is 0 Å². The van der Waals surface area contributed by atoms with Crippen molar-refractivity contribution in [3.05, 3.63) is 0 Å². The third-order valence-electron chi connectivity index (χ3n) is 5.98. The highest BCUT2D eigenvalue weighted by atomic mass is 35.5. The molecule has 3 aliphatic carbocycles. The average molecular weight is 315 g/mol. The van der Waals surface area contributed by atoms with Gasteiger partial charge in [-0.1, -0.05) is 19.8 Å². The van der Waals surface area contributed by atoms with Gasteiger partial charge in [-0.15, -0.1) is 12.4 Å². The third kappa shape index (κ3) is 4.13. The highest BCUT2D eigenvalue weighted by molar-refractivity contribution is 5.85. The first-order valence-corrected chi connectivity index (χ1v) is 8.66. The molecule has 0 aromatic carbocycles. The monoisotopic (exact) mass is 314 g/mol. The zero-order chi connectivity index (χ0) is 14.1. The van der Waals surface area contributed by atoms with Gasteiger partial charge < -0.3 is 11.1 Å². The summed E-state index contributed by atoms with van der Waals surface area (Å²) in [5, 5.41) is 3.39. The Balaban J connectivity index is 0.00000161. The standard InChI is InChI=1S/C17H30N2O.ClH/c1-11-5-6-12(7-11)8-16(20)19-17-13-3-2-4-14(17)10-15(18)9-13;/h11-15,17H,2-10,18H2,1H3,(H,19,20);1H. The number of halogens is 1. The number of nitrogens with one attached hydrogen (secondary N) is 1. The van der Waals surface area contributed by atoms with E-state index < -0.39 is 0 Å². The van der Waals surface area contributed by atoms with Gasteiger partial charge in [-0.25, -0.2) is 0 Å². The maximum atomic E-state index is 12.3. The molecule has 4 atom stereocenters. The van der Waals surface area contributed by atoms with Crippen molar-refractivity contribution in [2.45, 2.75) is 76.8 Å². The van der Waals surface area contributed by atoms with Gasteiger partial charge in [0.2, 0.25) is 5.91 Å². The number of rotatable bonds is 3. The van der Waals surface area contributed by atoms with Crippen molar-refractivity contribution < 1.29 is 4.79 Å². The average Bonchev–Trinajstić information content (AvgIpc) is 2.76. The Morgan fingerprint density at radius 3 is 2.33 bits per heavy atom. The fourth-order valence-electron chi connectivity index (χ4n) is 5.04. The second kappa shape index (κ2) is 7.32. The second-order valence-corrected chi connectivity index (χ2v) is 7.76. The van der Waals surface area contributed by atoms with E-state index in [0.717, 1.165) is 25.2 Å². The largest absolute Gasteiger partial charge is 0.353 e. The summed E-state index contributed by atoms with van der Waals surface area (Å²) in [5.74, 6) is 3.05. The molecule has 0 radical (unpaired) electrons. The molecule has 2 bridgehead atoms. The van der Waals surface area contributed by atoms with Crippen LogP contribution in [0.3, 0.4) is 0 Å². The molecule has 0 aromatic heterocycles. The lowest BCUT2D eigenvalue weighted by Crippen LogP contribution is -2.53. The van der Waals surface area contributed by atoms with Crippen LogP contribution in [0.1, 0.15) is 64.7 Å². The van der Waals surface area contributed by atoms with Gasteiger partial charge in [-0.3, -0.25) is 4.79 Å². The molecule has 3 aliphatic rings. The normalized spacial score (nSPS) is 42.2. The molecular weight excluding hydrogens is 284 g/mol. The highest BCUT2D eigenvalue weighted by Crippen LogP contribution is 2.40. The van der Waals surface area contributed by atoms with E-state index in [-0.39, 0.29) is 12.4 Å². The fourth-order valence-corrected chi connectivity index (χ4v) is 5.04. The SMILES string of the molecule is CC1CCC(CC(=O)NC2C3CCCC2CC(N)C3)C1.Cl. The zero-order valence-electron chi connectivity index (χ0n) is 13.2. The minimum Gasteiger partial charge on any atom is -0.353 e. The van der Waals surface area contributed by atoms with Gasteiger partial charge in [-0.05, 0) is 62.2 Å². The van der Waals surface area contributed by atoms with Gasteiger partial charge in [0, 0.05) is 18.5 Å². The Hall–Kier alpha value is -0.280. The number of fused-ring (bicyclic) bond motifs is 2. The van der Waals surface area contributed by atoms with E-state index in [1.807, 2.05) is 0 Å². The molecule has 3 rings (SSSR count). The number of amides is 1. The van der Waals surface area contributed by atoms with Crippen molar-refractivity contribution in [1.82, 2.24) is 5.32 Å². The van der Waals surface area contributed by atoms with Crippen LogP contribution in [0.25, 0.3) is 0 Å². The lowest BCUT2D eigenvalue weighted by Gasteiger charge is -2.45. The number of hydrogen-bond donors (Lipinski definition) is 2. The van der Waals surface area contributed by atoms with Crippen LogP contribution >= 0.6 is 12.4 Å². The summed E-state index contributed by atoms with van der Waals surface area (Å²) in [4.78, 5) is 12.3. The second-order valence-electron chi connectivity index (χ2n) is 7.76. The number of nitrogens with two attached hydrogens (primary N) is 1. The first-order valence-electron chi connectivity index (χ1n) is 8.66. The molecule has 4 heteroatoms. The molecule has 0 spiro atoms. The van der Waals surface area contributed by atoms with Gasteiger partial charge >= 0.3 is 0 Å². The highest BCUT2D eigenvalue weighted by Gasteiger charge is 2.40. The van der Waals surface area contributed by atoms with Gasteiger partial charge in [0.25, 0.3) is 0 Å². The van der Waals surface area contributed by atoms with E-state index >= 15 is 0 Å². The summed E-state index contributed by atoms with van der Waals surface area (Å²) in [7, 11) is 0. The number of carbonyl (C=O) groups is 1. The molecule has 0 heterocycles. The third-order valence-corrected chi connectivity index (χ3v) is 5.98. The summed E-state index contributed by atoms with van der Waals surface area (Å²) in [6, 6.07) is 0.795. The van der Waals surface area contributed by atoms with Crippen molar-refractivity contribution >= 4 is 18.3 Å². The van der Waals surface area contributed by atoms with Crippen LogP contribution in [0, 0.1) is 23.7 Å². The summed E-state index contributed by atoms with van der Waals surface area (Å²) in [6.07, 6.45) is 10.6. The van der Waals surface area contributed by atoms with E-state index in [4.69, 9.17) is 5.73 Å². The molecule has 0 saturated heterocycles. The fraction of sp³-hybridized carbons (Fsp3) is 0.941. The summed E-state index contributed by atoms with van der Waals surface area (Å²) in [5.41, 5.74) is 6.15. The van der Waals surface area contributed by atoms with Gasteiger partial charge in [0.1, 0.15) is 0 Å². The molecule has 0 aromatic rings. The van der Waals surface area contributed by atoms with Crippen LogP contribution in [-0.2, 0) is 4.79 Å². The lowest BCUT2D eigenvalue weighted by molar-refractivity contribution is -0.124. The van der Waals surface area contributed by atoms with E-state index in [1.54, 1.807) is 0 Å². The van der Waals surface area contributed by atoms with Crippen molar-refractivity contribution in [3.8, 4) is 0 Å². The molecule has 3 saturated carbocycles. The van der Waals surface area contributed by atoms with Crippen LogP contribution in [-0.4, -0.2) is 18.0 Å². The van der Waals surface area contributed by atoms with E-state index in [1.165, 1.54) is 38.5 Å². The Morgan fingerprint density at radius 2 is 1.76 bits per heavy atom. The maximum absolute atomic E-state index is 12.3. The maximum Gasteiger partial charge on any atom is 0.220 e. The smallest absolute Gasteiger partial charge is 0.220 e. The molecule has 3 fully saturated rings. The minimum absolute atomic E-state index is 0. The Bertz CT molecular complexity index is 349.